The van der Waals surface area contributed by atoms with Crippen molar-refractivity contribution in [3.05, 3.63) is 0 Å². The van der Waals surface area contributed by atoms with E-state index in [4.69, 9.17) is 0 Å². The monoisotopic (exact) mass is 214 g/mol. The average Bonchev–Trinajstić information content (AvgIpc) is 0. The van der Waals surface area contributed by atoms with Crippen molar-refractivity contribution in [3.63, 3.8) is 0 Å². The van der Waals surface area contributed by atoms with Crippen LogP contribution in [0.3, 0.4) is 0 Å². The van der Waals surface area contributed by atoms with Gasteiger partial charge < -0.3 is 0 Å². The molecule has 0 bridgehead atoms. The second-order valence-corrected chi connectivity index (χ2v) is 0. The van der Waals surface area contributed by atoms with Crippen LogP contribution in [0.15, 0.2) is 0 Å². The Morgan fingerprint density at radius 2 is 1.00 bits per heavy atom. The molecule has 0 spiro atoms. The minimum absolute atomic E-state index is 0. The molecule has 0 aromatic rings. The quantitative estimate of drug-likeness (QED) is 0.384. The molecule has 0 aliphatic rings. The maximum atomic E-state index is 0. The third kappa shape index (κ3) is 8.95. The first kappa shape index (κ1) is 27.2. The first-order valence-electron chi connectivity index (χ1n) is 0. The molecule has 0 saturated carbocycles. The van der Waals surface area contributed by atoms with E-state index in [9.17, 15) is 0 Å². The van der Waals surface area contributed by atoms with Crippen LogP contribution in [0.2, 0.25) is 0 Å². The van der Waals surface area contributed by atoms with Gasteiger partial charge in [-0.05, 0) is 0 Å². The standard InChI is InChI=1S/Ca.Mg.H2Se.Zn.4H/h;;1H2;;;;;. The van der Waals surface area contributed by atoms with E-state index in [2.05, 4.69) is 0 Å². The fraction of sp³-hybridized carbons (Fsp3) is 0. The van der Waals surface area contributed by atoms with Crippen LogP contribution in [0, 0.1) is 0 Å². The SMILES string of the molecule is [CaH2].[MgH2].[SeH2].[Zn]. The maximum absolute atomic E-state index is 0. The molecule has 18 valence electrons. The van der Waals surface area contributed by atoms with E-state index in [-0.39, 0.29) is 97.3 Å². The Kier molecular flexibility index (Phi) is 111. The van der Waals surface area contributed by atoms with Crippen LogP contribution in [0.25, 0.3) is 0 Å². The second-order valence-electron chi connectivity index (χ2n) is 0. The van der Waals surface area contributed by atoms with Crippen LogP contribution in [0.5, 0.6) is 0 Å². The molecular formula is H6CaMgSeZn. The number of hydrogen-bond donors (Lipinski definition) is 0. The Bertz CT molecular complexity index is 8.00. The zero-order valence-electron chi connectivity index (χ0n) is 1.21. The Morgan fingerprint density at radius 1 is 1.00 bits per heavy atom. The van der Waals surface area contributed by atoms with E-state index in [0.29, 0.717) is 0 Å². The Hall–Kier alpha value is 3.17. The van der Waals surface area contributed by atoms with Crippen LogP contribution >= 0.6 is 0 Å². The second kappa shape index (κ2) is 16.4. The molecule has 0 N–H and O–H groups in total. The molecule has 0 heterocycles. The topological polar surface area (TPSA) is 0 Å². The van der Waals surface area contributed by atoms with Gasteiger partial charge in [-0.2, -0.15) is 0 Å². The smallest absolute Gasteiger partial charge is 0 e. The van der Waals surface area contributed by atoms with E-state index in [1.54, 1.807) is 0 Å². The molecule has 0 saturated heterocycles. The molecular weight excluding hydrogens is 209 g/mol. The van der Waals surface area contributed by atoms with Gasteiger partial charge in [0, 0.05) is 19.5 Å². The van der Waals surface area contributed by atoms with Gasteiger partial charge in [0.2, 0.25) is 0 Å². The van der Waals surface area contributed by atoms with Crippen LogP contribution < -0.4 is 0 Å². The van der Waals surface area contributed by atoms with Gasteiger partial charge in [0.15, 0.2) is 0 Å². The maximum Gasteiger partial charge on any atom is 0 e. The molecule has 0 amide bonds. The van der Waals surface area contributed by atoms with Crippen molar-refractivity contribution in [1.82, 2.24) is 0 Å². The van der Waals surface area contributed by atoms with Crippen molar-refractivity contribution in [1.29, 1.82) is 0 Å². The van der Waals surface area contributed by atoms with Gasteiger partial charge in [0.25, 0.3) is 0 Å². The van der Waals surface area contributed by atoms with E-state index >= 15 is 0 Å². The van der Waals surface area contributed by atoms with E-state index < -0.39 is 0 Å². The van der Waals surface area contributed by atoms with Gasteiger partial charge in [0.05, 0.1) is 0 Å². The zero-order valence-corrected chi connectivity index (χ0v) is 6.27. The van der Waals surface area contributed by atoms with Gasteiger partial charge in [0.1, 0.15) is 0 Å². The normalized spacial score (nSPS) is 0. The van der Waals surface area contributed by atoms with Crippen LogP contribution in [0.1, 0.15) is 0 Å². The van der Waals surface area contributed by atoms with Crippen LogP contribution in [0.4, 0.5) is 0 Å². The molecule has 0 aliphatic heterocycles. The Labute approximate surface area is 95.2 Å². The van der Waals surface area contributed by atoms with E-state index in [0.717, 1.165) is 0 Å². The summed E-state index contributed by atoms with van der Waals surface area (Å²) in [5.74, 6) is 0. The minimum Gasteiger partial charge on any atom is 0 e. The van der Waals surface area contributed by atoms with Crippen LogP contribution in [-0.4, -0.2) is 77.9 Å². The van der Waals surface area contributed by atoms with Crippen molar-refractivity contribution >= 4 is 77.9 Å². The summed E-state index contributed by atoms with van der Waals surface area (Å²) in [6.07, 6.45) is 0. The number of rotatable bonds is 0. The first-order valence-corrected chi connectivity index (χ1v) is 0. The molecule has 4 heteroatoms. The molecule has 0 fully saturated rings. The van der Waals surface area contributed by atoms with Crippen molar-refractivity contribution in [2.24, 2.45) is 0 Å². The molecule has 0 aromatic carbocycles. The van der Waals surface area contributed by atoms with Gasteiger partial charge in [-0.15, -0.1) is 0 Å². The zero-order chi connectivity index (χ0) is 0. The third-order valence-electron chi connectivity index (χ3n) is 0. The van der Waals surface area contributed by atoms with Gasteiger partial charge in [-0.25, -0.2) is 0 Å². The van der Waals surface area contributed by atoms with Gasteiger partial charge in [-0.3, -0.25) is 0 Å². The molecule has 0 radical (unpaired) electrons. The minimum atomic E-state index is 0. The van der Waals surface area contributed by atoms with E-state index in [1.807, 2.05) is 0 Å². The molecule has 0 nitrogen and oxygen atoms in total. The summed E-state index contributed by atoms with van der Waals surface area (Å²) in [6, 6.07) is 0. The van der Waals surface area contributed by atoms with Crippen molar-refractivity contribution in [2.45, 2.75) is 0 Å². The van der Waals surface area contributed by atoms with Gasteiger partial charge in [-0.1, -0.05) is 0 Å². The molecule has 4 heavy (non-hydrogen) atoms. The predicted octanol–water partition coefficient (Wildman–Crippen LogP) is -2.75. The summed E-state index contributed by atoms with van der Waals surface area (Å²) in [4.78, 5) is 0. The largest absolute Gasteiger partial charge is 0 e. The predicted molar refractivity (Wildman–Crippen MR) is 25.6 cm³/mol. The average molecular weight is 215 g/mol. The van der Waals surface area contributed by atoms with Crippen molar-refractivity contribution in [3.8, 4) is 0 Å². The summed E-state index contributed by atoms with van der Waals surface area (Å²) in [7, 11) is 0. The Morgan fingerprint density at radius 3 is 1.00 bits per heavy atom. The molecule has 0 aliphatic carbocycles. The van der Waals surface area contributed by atoms with Crippen LogP contribution in [-0.2, 0) is 19.5 Å². The molecule has 0 aromatic heterocycles. The third-order valence-corrected chi connectivity index (χ3v) is 0. The first-order chi connectivity index (χ1) is 0. The summed E-state index contributed by atoms with van der Waals surface area (Å²) in [6.45, 7) is 0. The van der Waals surface area contributed by atoms with Crippen molar-refractivity contribution < 1.29 is 19.5 Å². The summed E-state index contributed by atoms with van der Waals surface area (Å²) in [5, 5.41) is 0. The fourth-order valence-electron chi connectivity index (χ4n) is 0. The van der Waals surface area contributed by atoms with Crippen molar-refractivity contribution in [2.75, 3.05) is 0 Å². The fourth-order valence-corrected chi connectivity index (χ4v) is 0. The van der Waals surface area contributed by atoms with E-state index in [1.165, 1.54) is 0 Å². The number of hydrogen-bond acceptors (Lipinski definition) is 0. The molecule has 0 rings (SSSR count). The summed E-state index contributed by atoms with van der Waals surface area (Å²) in [5.41, 5.74) is 0. The summed E-state index contributed by atoms with van der Waals surface area (Å²) < 4.78 is 0. The Balaban J connectivity index is 0. The molecule has 0 atom stereocenters. The molecule has 0 unspecified atom stereocenters. The summed E-state index contributed by atoms with van der Waals surface area (Å²) >= 11 is 0. The van der Waals surface area contributed by atoms with Gasteiger partial charge >= 0.3 is 77.9 Å².